The zero-order chi connectivity index (χ0) is 15.3. The van der Waals surface area contributed by atoms with Crippen LogP contribution in [-0.2, 0) is 14.3 Å². The molecule has 0 aliphatic heterocycles. The first-order chi connectivity index (χ1) is 9.31. The molecule has 1 unspecified atom stereocenters. The molecule has 0 radical (unpaired) electrons. The molecular formula is C13H14F2O5. The summed E-state index contributed by atoms with van der Waals surface area (Å²) in [5, 5.41) is 0. The highest BCUT2D eigenvalue weighted by Crippen LogP contribution is 2.21. The van der Waals surface area contributed by atoms with Crippen LogP contribution in [0.15, 0.2) is 18.2 Å². The minimum Gasteiger partial charge on any atom is -0.425 e. The fourth-order valence-corrected chi connectivity index (χ4v) is 1.15. The van der Waals surface area contributed by atoms with E-state index in [2.05, 4.69) is 9.47 Å². The second-order valence-electron chi connectivity index (χ2n) is 4.18. The van der Waals surface area contributed by atoms with E-state index in [1.165, 1.54) is 6.92 Å². The van der Waals surface area contributed by atoms with Crippen LogP contribution >= 0.6 is 0 Å². The van der Waals surface area contributed by atoms with Gasteiger partial charge >= 0.3 is 12.1 Å². The van der Waals surface area contributed by atoms with Gasteiger partial charge in [0.05, 0.1) is 5.92 Å². The number of esters is 1. The SMILES string of the molecule is CC(OC(=O)Oc1c(F)cccc1F)OC(=O)C(C)C. The van der Waals surface area contributed by atoms with Gasteiger partial charge in [0.1, 0.15) is 0 Å². The third-order valence-corrected chi connectivity index (χ3v) is 2.12. The summed E-state index contributed by atoms with van der Waals surface area (Å²) < 4.78 is 40.1. The number of halogens is 2. The van der Waals surface area contributed by atoms with Gasteiger partial charge in [0.25, 0.3) is 0 Å². The summed E-state index contributed by atoms with van der Waals surface area (Å²) in [6.07, 6.45) is -2.61. The molecule has 0 amide bonds. The second-order valence-corrected chi connectivity index (χ2v) is 4.18. The van der Waals surface area contributed by atoms with E-state index >= 15 is 0 Å². The first kappa shape index (κ1) is 15.9. The molecule has 0 aromatic heterocycles. The number of carbonyl (C=O) groups is 2. The lowest BCUT2D eigenvalue weighted by Gasteiger charge is -2.15. The Morgan fingerprint density at radius 2 is 1.60 bits per heavy atom. The van der Waals surface area contributed by atoms with Crippen LogP contribution in [0.1, 0.15) is 20.8 Å². The van der Waals surface area contributed by atoms with Crippen LogP contribution in [0.4, 0.5) is 13.6 Å². The predicted octanol–water partition coefficient (Wildman–Crippen LogP) is 3.03. The summed E-state index contributed by atoms with van der Waals surface area (Å²) in [4.78, 5) is 22.5. The molecule has 0 N–H and O–H groups in total. The van der Waals surface area contributed by atoms with Gasteiger partial charge in [0.2, 0.25) is 12.0 Å². The first-order valence-electron chi connectivity index (χ1n) is 5.84. The molecule has 20 heavy (non-hydrogen) atoms. The summed E-state index contributed by atoms with van der Waals surface area (Å²) in [6.45, 7) is 4.48. The van der Waals surface area contributed by atoms with Crippen molar-refractivity contribution in [1.82, 2.24) is 0 Å². The molecule has 0 fully saturated rings. The van der Waals surface area contributed by atoms with Crippen molar-refractivity contribution in [2.75, 3.05) is 0 Å². The molecule has 0 heterocycles. The van der Waals surface area contributed by atoms with Crippen molar-refractivity contribution in [2.24, 2.45) is 5.92 Å². The van der Waals surface area contributed by atoms with Gasteiger partial charge in [-0.2, -0.15) is 0 Å². The topological polar surface area (TPSA) is 61.8 Å². The van der Waals surface area contributed by atoms with Crippen LogP contribution in [0, 0.1) is 17.6 Å². The van der Waals surface area contributed by atoms with Crippen molar-refractivity contribution < 1.29 is 32.6 Å². The van der Waals surface area contributed by atoms with Crippen LogP contribution in [0.5, 0.6) is 5.75 Å². The minimum absolute atomic E-state index is 0.402. The number of hydrogen-bond donors (Lipinski definition) is 0. The first-order valence-corrected chi connectivity index (χ1v) is 5.84. The summed E-state index contributed by atoms with van der Waals surface area (Å²) in [7, 11) is 0. The van der Waals surface area contributed by atoms with Gasteiger partial charge in [-0.1, -0.05) is 19.9 Å². The summed E-state index contributed by atoms with van der Waals surface area (Å²) in [5.74, 6) is -3.95. The number of para-hydroxylation sites is 1. The lowest BCUT2D eigenvalue weighted by molar-refractivity contribution is -0.170. The van der Waals surface area contributed by atoms with Gasteiger partial charge < -0.3 is 14.2 Å². The maximum Gasteiger partial charge on any atom is 0.517 e. The molecule has 1 atom stereocenters. The lowest BCUT2D eigenvalue weighted by Crippen LogP contribution is -2.26. The quantitative estimate of drug-likeness (QED) is 0.484. The van der Waals surface area contributed by atoms with E-state index in [4.69, 9.17) is 4.74 Å². The largest absolute Gasteiger partial charge is 0.517 e. The number of rotatable bonds is 4. The van der Waals surface area contributed by atoms with E-state index in [1.807, 2.05) is 0 Å². The average Bonchev–Trinajstić information content (AvgIpc) is 2.33. The molecule has 5 nitrogen and oxygen atoms in total. The van der Waals surface area contributed by atoms with E-state index in [9.17, 15) is 18.4 Å². The molecule has 1 aromatic carbocycles. The van der Waals surface area contributed by atoms with Crippen molar-refractivity contribution in [1.29, 1.82) is 0 Å². The van der Waals surface area contributed by atoms with Crippen LogP contribution < -0.4 is 4.74 Å². The maximum absolute atomic E-state index is 13.2. The summed E-state index contributed by atoms with van der Waals surface area (Å²) >= 11 is 0. The van der Waals surface area contributed by atoms with Crippen molar-refractivity contribution in [3.8, 4) is 5.75 Å². The van der Waals surface area contributed by atoms with Gasteiger partial charge in [0, 0.05) is 6.92 Å². The molecule has 110 valence electrons. The van der Waals surface area contributed by atoms with E-state index in [1.54, 1.807) is 13.8 Å². The van der Waals surface area contributed by atoms with Crippen LogP contribution in [0.2, 0.25) is 0 Å². The molecule has 1 rings (SSSR count). The average molecular weight is 288 g/mol. The lowest BCUT2D eigenvalue weighted by atomic mass is 10.2. The molecule has 0 aliphatic carbocycles. The molecule has 0 aliphatic rings. The molecule has 0 saturated carbocycles. The Labute approximate surface area is 114 Å². The van der Waals surface area contributed by atoms with Gasteiger partial charge in [-0.15, -0.1) is 0 Å². The number of hydrogen-bond acceptors (Lipinski definition) is 5. The standard InChI is InChI=1S/C13H14F2O5/c1-7(2)12(16)18-8(3)19-13(17)20-11-9(14)5-4-6-10(11)15/h4-8H,1-3H3. The van der Waals surface area contributed by atoms with Crippen molar-refractivity contribution in [3.05, 3.63) is 29.8 Å². The zero-order valence-electron chi connectivity index (χ0n) is 11.2. The highest BCUT2D eigenvalue weighted by molar-refractivity contribution is 5.72. The third-order valence-electron chi connectivity index (χ3n) is 2.12. The predicted molar refractivity (Wildman–Crippen MR) is 63.9 cm³/mol. The summed E-state index contributed by atoms with van der Waals surface area (Å²) in [5.41, 5.74) is 0. The van der Waals surface area contributed by atoms with Crippen LogP contribution in [0.3, 0.4) is 0 Å². The van der Waals surface area contributed by atoms with Crippen LogP contribution in [0.25, 0.3) is 0 Å². The Morgan fingerprint density at radius 1 is 1.05 bits per heavy atom. The maximum atomic E-state index is 13.2. The van der Waals surface area contributed by atoms with Crippen LogP contribution in [-0.4, -0.2) is 18.4 Å². The Hall–Kier alpha value is -2.18. The fraction of sp³-hybridized carbons (Fsp3) is 0.385. The van der Waals surface area contributed by atoms with E-state index in [-0.39, 0.29) is 0 Å². The Balaban J connectivity index is 2.58. The molecule has 7 heteroatoms. The molecule has 0 bridgehead atoms. The Bertz CT molecular complexity index is 481. The highest BCUT2D eigenvalue weighted by Gasteiger charge is 2.20. The molecule has 0 spiro atoms. The van der Waals surface area contributed by atoms with Gasteiger partial charge in [0.15, 0.2) is 11.6 Å². The minimum atomic E-state index is -1.38. The second kappa shape index (κ2) is 6.83. The van der Waals surface area contributed by atoms with Crippen molar-refractivity contribution in [2.45, 2.75) is 27.1 Å². The zero-order valence-corrected chi connectivity index (χ0v) is 11.2. The molecule has 0 saturated heterocycles. The van der Waals surface area contributed by atoms with Crippen molar-refractivity contribution >= 4 is 12.1 Å². The normalized spacial score (nSPS) is 11.9. The van der Waals surface area contributed by atoms with Gasteiger partial charge in [-0.3, -0.25) is 4.79 Å². The highest BCUT2D eigenvalue weighted by atomic mass is 19.1. The number of ether oxygens (including phenoxy) is 3. The summed E-state index contributed by atoms with van der Waals surface area (Å²) in [6, 6.07) is 2.97. The van der Waals surface area contributed by atoms with Gasteiger partial charge in [-0.05, 0) is 12.1 Å². The monoisotopic (exact) mass is 288 g/mol. The number of carbonyl (C=O) groups excluding carboxylic acids is 2. The van der Waals surface area contributed by atoms with E-state index in [0.717, 1.165) is 18.2 Å². The smallest absolute Gasteiger partial charge is 0.425 e. The van der Waals surface area contributed by atoms with E-state index in [0.29, 0.717) is 0 Å². The Morgan fingerprint density at radius 3 is 2.10 bits per heavy atom. The fourth-order valence-electron chi connectivity index (χ4n) is 1.15. The van der Waals surface area contributed by atoms with E-state index < -0.39 is 41.7 Å². The third kappa shape index (κ3) is 4.49. The molecular weight excluding hydrogens is 274 g/mol. The molecule has 1 aromatic rings. The number of benzene rings is 1. The van der Waals surface area contributed by atoms with Crippen molar-refractivity contribution in [3.63, 3.8) is 0 Å². The van der Waals surface area contributed by atoms with Gasteiger partial charge in [-0.25, -0.2) is 13.6 Å². The Kier molecular flexibility index (Phi) is 5.42.